The van der Waals surface area contributed by atoms with Crippen molar-refractivity contribution in [1.29, 1.82) is 0 Å². The molecule has 0 amide bonds. The molecular formula is C11H10BrClN2O2S2. The fourth-order valence-corrected chi connectivity index (χ4v) is 5.02. The monoisotopic (exact) mass is 380 g/mol. The van der Waals surface area contributed by atoms with Gasteiger partial charge in [-0.3, -0.25) is 4.72 Å². The molecule has 0 aliphatic rings. The van der Waals surface area contributed by atoms with Gasteiger partial charge in [0.15, 0.2) is 0 Å². The van der Waals surface area contributed by atoms with Gasteiger partial charge in [-0.15, -0.1) is 11.3 Å². The highest BCUT2D eigenvalue weighted by Gasteiger charge is 2.20. The molecule has 0 fully saturated rings. The molecule has 3 N–H and O–H groups in total. The fraction of sp³-hybridized carbons (Fsp3) is 0.0909. The Kier molecular flexibility index (Phi) is 4.10. The molecule has 2 aromatic rings. The second-order valence-electron chi connectivity index (χ2n) is 3.83. The van der Waals surface area contributed by atoms with Crippen LogP contribution in [-0.4, -0.2) is 8.42 Å². The summed E-state index contributed by atoms with van der Waals surface area (Å²) in [5, 5.41) is 0.260. The number of nitrogen functional groups attached to an aromatic ring is 1. The maximum absolute atomic E-state index is 12.2. The Balaban J connectivity index is 2.42. The summed E-state index contributed by atoms with van der Waals surface area (Å²) >= 11 is 10.4. The molecule has 1 heterocycles. The number of aryl methyl sites for hydroxylation is 1. The predicted molar refractivity (Wildman–Crippen MR) is 83.4 cm³/mol. The van der Waals surface area contributed by atoms with Gasteiger partial charge in [-0.05, 0) is 46.6 Å². The van der Waals surface area contributed by atoms with Crippen LogP contribution in [0.3, 0.4) is 0 Å². The van der Waals surface area contributed by atoms with E-state index in [1.165, 1.54) is 0 Å². The van der Waals surface area contributed by atoms with E-state index in [4.69, 9.17) is 17.3 Å². The van der Waals surface area contributed by atoms with Crippen molar-refractivity contribution in [3.63, 3.8) is 0 Å². The van der Waals surface area contributed by atoms with Crippen molar-refractivity contribution in [2.45, 2.75) is 11.1 Å². The summed E-state index contributed by atoms with van der Waals surface area (Å²) in [5.74, 6) is 0. The quantitative estimate of drug-likeness (QED) is 0.793. The SMILES string of the molecule is Cc1cc(S(=O)(=O)Nc2c(N)cccc2Cl)sc1Br. The highest BCUT2D eigenvalue weighted by Crippen LogP contribution is 2.34. The van der Waals surface area contributed by atoms with E-state index < -0.39 is 10.0 Å². The summed E-state index contributed by atoms with van der Waals surface area (Å²) in [7, 11) is -3.69. The number of anilines is 2. The van der Waals surface area contributed by atoms with Crippen molar-refractivity contribution >= 4 is 60.3 Å². The molecule has 0 aliphatic carbocycles. The maximum Gasteiger partial charge on any atom is 0.271 e. The van der Waals surface area contributed by atoms with E-state index in [1.807, 2.05) is 6.92 Å². The molecule has 0 saturated heterocycles. The molecule has 1 aromatic heterocycles. The Morgan fingerprint density at radius 1 is 1.42 bits per heavy atom. The molecule has 19 heavy (non-hydrogen) atoms. The van der Waals surface area contributed by atoms with Crippen LogP contribution in [0.1, 0.15) is 5.56 Å². The van der Waals surface area contributed by atoms with Crippen molar-refractivity contribution in [2.75, 3.05) is 10.5 Å². The van der Waals surface area contributed by atoms with Crippen LogP contribution in [-0.2, 0) is 10.0 Å². The number of nitrogens with one attached hydrogen (secondary N) is 1. The summed E-state index contributed by atoms with van der Waals surface area (Å²) in [4.78, 5) is 0. The fourth-order valence-electron chi connectivity index (χ4n) is 1.40. The van der Waals surface area contributed by atoms with Gasteiger partial charge in [0.1, 0.15) is 4.21 Å². The number of para-hydroxylation sites is 1. The van der Waals surface area contributed by atoms with Crippen molar-refractivity contribution < 1.29 is 8.42 Å². The van der Waals surface area contributed by atoms with Crippen LogP contribution in [0.4, 0.5) is 11.4 Å². The molecular weight excluding hydrogens is 372 g/mol. The minimum atomic E-state index is -3.69. The predicted octanol–water partition coefficient (Wildman–Crippen LogP) is 3.86. The second-order valence-corrected chi connectivity index (χ2v) is 8.52. The zero-order valence-corrected chi connectivity index (χ0v) is 13.8. The average molecular weight is 382 g/mol. The van der Waals surface area contributed by atoms with Gasteiger partial charge in [0, 0.05) is 0 Å². The Labute approximate surface area is 128 Å². The van der Waals surface area contributed by atoms with E-state index in [0.29, 0.717) is 0 Å². The van der Waals surface area contributed by atoms with Crippen molar-refractivity contribution in [1.82, 2.24) is 0 Å². The van der Waals surface area contributed by atoms with Crippen LogP contribution >= 0.6 is 38.9 Å². The molecule has 102 valence electrons. The number of nitrogens with two attached hydrogens (primary N) is 1. The van der Waals surface area contributed by atoms with Gasteiger partial charge in [-0.1, -0.05) is 17.7 Å². The third-order valence-electron chi connectivity index (χ3n) is 2.38. The molecule has 0 radical (unpaired) electrons. The minimum absolute atomic E-state index is 0.200. The second kappa shape index (κ2) is 5.32. The summed E-state index contributed by atoms with van der Waals surface area (Å²) in [5.41, 5.74) is 7.06. The van der Waals surface area contributed by atoms with Crippen LogP contribution in [0.5, 0.6) is 0 Å². The molecule has 8 heteroatoms. The number of hydrogen-bond donors (Lipinski definition) is 2. The summed E-state index contributed by atoms with van der Waals surface area (Å²) in [6.45, 7) is 1.82. The first-order chi connectivity index (χ1) is 8.81. The summed E-state index contributed by atoms with van der Waals surface area (Å²) < 4.78 is 27.9. The van der Waals surface area contributed by atoms with Crippen molar-refractivity contribution in [3.8, 4) is 0 Å². The van der Waals surface area contributed by atoms with Crippen LogP contribution in [0, 0.1) is 6.92 Å². The summed E-state index contributed by atoms with van der Waals surface area (Å²) in [6, 6.07) is 6.40. The smallest absolute Gasteiger partial charge is 0.271 e. The van der Waals surface area contributed by atoms with Crippen LogP contribution in [0.15, 0.2) is 32.3 Å². The van der Waals surface area contributed by atoms with Crippen molar-refractivity contribution in [2.24, 2.45) is 0 Å². The van der Waals surface area contributed by atoms with Gasteiger partial charge in [0.25, 0.3) is 10.0 Å². The average Bonchev–Trinajstić information content (AvgIpc) is 2.66. The molecule has 0 atom stereocenters. The van der Waals surface area contributed by atoms with Crippen molar-refractivity contribution in [3.05, 3.63) is 38.6 Å². The molecule has 0 aliphatic heterocycles. The largest absolute Gasteiger partial charge is 0.397 e. The Morgan fingerprint density at radius 3 is 2.63 bits per heavy atom. The first kappa shape index (κ1) is 14.6. The lowest BCUT2D eigenvalue weighted by atomic mass is 10.3. The van der Waals surface area contributed by atoms with Crippen LogP contribution < -0.4 is 10.5 Å². The first-order valence-electron chi connectivity index (χ1n) is 5.14. The van der Waals surface area contributed by atoms with E-state index >= 15 is 0 Å². The van der Waals surface area contributed by atoms with Gasteiger partial charge in [-0.25, -0.2) is 8.42 Å². The topological polar surface area (TPSA) is 72.2 Å². The highest BCUT2D eigenvalue weighted by molar-refractivity contribution is 9.11. The number of thiophene rings is 1. The normalized spacial score (nSPS) is 11.5. The Bertz CT molecular complexity index is 689. The first-order valence-corrected chi connectivity index (χ1v) is 8.61. The number of hydrogen-bond acceptors (Lipinski definition) is 4. The zero-order chi connectivity index (χ0) is 14.2. The maximum atomic E-state index is 12.2. The number of sulfonamides is 1. The number of rotatable bonds is 3. The van der Waals surface area contributed by atoms with E-state index in [2.05, 4.69) is 20.7 Å². The van der Waals surface area contributed by atoms with Gasteiger partial charge in [0.2, 0.25) is 0 Å². The lowest BCUT2D eigenvalue weighted by molar-refractivity contribution is 0.603. The van der Waals surface area contributed by atoms with Gasteiger partial charge in [0.05, 0.1) is 20.2 Å². The minimum Gasteiger partial charge on any atom is -0.397 e. The number of benzene rings is 1. The van der Waals surface area contributed by atoms with E-state index in [9.17, 15) is 8.42 Å². The van der Waals surface area contributed by atoms with Gasteiger partial charge in [-0.2, -0.15) is 0 Å². The number of halogens is 2. The summed E-state index contributed by atoms with van der Waals surface area (Å²) in [6.07, 6.45) is 0. The standard InChI is InChI=1S/C11H10BrClN2O2S2/c1-6-5-9(18-11(6)12)19(16,17)15-10-7(13)3-2-4-8(10)14/h2-5,15H,14H2,1H3. The lowest BCUT2D eigenvalue weighted by Gasteiger charge is -2.10. The Morgan fingerprint density at radius 2 is 2.11 bits per heavy atom. The van der Waals surface area contributed by atoms with Gasteiger partial charge >= 0.3 is 0 Å². The molecule has 2 rings (SSSR count). The molecule has 0 unspecified atom stereocenters. The third-order valence-corrected chi connectivity index (χ3v) is 6.66. The molecule has 1 aromatic carbocycles. The lowest BCUT2D eigenvalue weighted by Crippen LogP contribution is -2.13. The molecule has 0 saturated carbocycles. The zero-order valence-electron chi connectivity index (χ0n) is 9.78. The third kappa shape index (κ3) is 3.05. The van der Waals surface area contributed by atoms with E-state index in [1.54, 1.807) is 24.3 Å². The molecule has 0 bridgehead atoms. The van der Waals surface area contributed by atoms with Crippen LogP contribution in [0.2, 0.25) is 5.02 Å². The van der Waals surface area contributed by atoms with E-state index in [-0.39, 0.29) is 20.6 Å². The van der Waals surface area contributed by atoms with Crippen LogP contribution in [0.25, 0.3) is 0 Å². The van der Waals surface area contributed by atoms with Gasteiger partial charge < -0.3 is 5.73 Å². The Hall–Kier alpha value is -0.760. The highest BCUT2D eigenvalue weighted by atomic mass is 79.9. The molecule has 4 nitrogen and oxygen atoms in total. The molecule has 0 spiro atoms. The van der Waals surface area contributed by atoms with E-state index in [0.717, 1.165) is 20.7 Å².